The standard InChI is InChI=1S/C6H10ClNO3S/c1-5(3-7)4-8(6(9)10)11-12-2/h1,3-4H2,2H3,(H,9,10). The molecule has 6 heteroatoms. The van der Waals surface area contributed by atoms with Gasteiger partial charge in [-0.15, -0.1) is 11.6 Å². The van der Waals surface area contributed by atoms with Gasteiger partial charge in [-0.05, 0) is 5.57 Å². The molecule has 4 nitrogen and oxygen atoms in total. The van der Waals surface area contributed by atoms with E-state index in [4.69, 9.17) is 21.0 Å². The molecule has 0 heterocycles. The molecule has 0 rings (SSSR count). The second-order valence-corrected chi connectivity index (χ2v) is 2.69. The zero-order valence-corrected chi connectivity index (χ0v) is 8.19. The molecule has 0 saturated carbocycles. The number of nitrogens with zero attached hydrogens (tertiary/aromatic N) is 1. The average molecular weight is 212 g/mol. The van der Waals surface area contributed by atoms with E-state index in [1.54, 1.807) is 6.26 Å². The van der Waals surface area contributed by atoms with Gasteiger partial charge >= 0.3 is 6.09 Å². The van der Waals surface area contributed by atoms with E-state index in [2.05, 4.69) is 6.58 Å². The predicted octanol–water partition coefficient (Wildman–Crippen LogP) is 1.97. The summed E-state index contributed by atoms with van der Waals surface area (Å²) in [7, 11) is 0. The maximum Gasteiger partial charge on any atom is 0.432 e. The normalized spacial score (nSPS) is 9.50. The zero-order valence-electron chi connectivity index (χ0n) is 6.62. The third kappa shape index (κ3) is 4.48. The van der Waals surface area contributed by atoms with E-state index in [9.17, 15) is 4.79 Å². The van der Waals surface area contributed by atoms with Crippen LogP contribution in [0, 0.1) is 0 Å². The molecule has 0 unspecified atom stereocenters. The summed E-state index contributed by atoms with van der Waals surface area (Å²) in [5.74, 6) is 0.224. The Balaban J connectivity index is 3.95. The third-order valence-corrected chi connectivity index (χ3v) is 1.64. The smallest absolute Gasteiger partial charge is 0.432 e. The molecule has 12 heavy (non-hydrogen) atoms. The third-order valence-electron chi connectivity index (χ3n) is 0.934. The van der Waals surface area contributed by atoms with Crippen LogP contribution in [0.1, 0.15) is 0 Å². The van der Waals surface area contributed by atoms with Crippen LogP contribution < -0.4 is 0 Å². The highest BCUT2D eigenvalue weighted by molar-refractivity contribution is 7.93. The molecule has 1 N–H and O–H groups in total. The van der Waals surface area contributed by atoms with Gasteiger partial charge in [0.15, 0.2) is 0 Å². The van der Waals surface area contributed by atoms with Crippen LogP contribution in [0.15, 0.2) is 12.2 Å². The van der Waals surface area contributed by atoms with Gasteiger partial charge in [-0.2, -0.15) is 9.35 Å². The molecular formula is C6H10ClNO3S. The summed E-state index contributed by atoms with van der Waals surface area (Å²) in [4.78, 5) is 10.4. The minimum absolute atomic E-state index is 0.0969. The number of halogens is 1. The fraction of sp³-hybridized carbons (Fsp3) is 0.500. The molecule has 0 bridgehead atoms. The fourth-order valence-electron chi connectivity index (χ4n) is 0.461. The molecule has 0 saturated heterocycles. The largest absolute Gasteiger partial charge is 0.463 e. The van der Waals surface area contributed by atoms with E-state index < -0.39 is 6.09 Å². The summed E-state index contributed by atoms with van der Waals surface area (Å²) in [6.45, 7) is 3.65. The van der Waals surface area contributed by atoms with Gasteiger partial charge in [0.25, 0.3) is 0 Å². The van der Waals surface area contributed by atoms with E-state index in [0.717, 1.165) is 17.1 Å². The van der Waals surface area contributed by atoms with Crippen LogP contribution in [0.4, 0.5) is 4.79 Å². The predicted molar refractivity (Wildman–Crippen MR) is 49.2 cm³/mol. The lowest BCUT2D eigenvalue weighted by molar-refractivity contribution is -0.00860. The van der Waals surface area contributed by atoms with E-state index in [-0.39, 0.29) is 12.4 Å². The van der Waals surface area contributed by atoms with Crippen molar-refractivity contribution < 1.29 is 14.2 Å². The van der Waals surface area contributed by atoms with Crippen molar-refractivity contribution in [1.29, 1.82) is 0 Å². The molecule has 0 aromatic rings. The summed E-state index contributed by atoms with van der Waals surface area (Å²) in [6, 6.07) is 0. The van der Waals surface area contributed by atoms with E-state index in [1.165, 1.54) is 0 Å². The molecule has 0 spiro atoms. The second-order valence-electron chi connectivity index (χ2n) is 1.94. The van der Waals surface area contributed by atoms with Gasteiger partial charge in [-0.3, -0.25) is 0 Å². The SMILES string of the molecule is C=C(CCl)CN(OSC)C(=O)O. The van der Waals surface area contributed by atoms with Gasteiger partial charge < -0.3 is 5.11 Å². The highest BCUT2D eigenvalue weighted by atomic mass is 35.5. The van der Waals surface area contributed by atoms with E-state index >= 15 is 0 Å². The van der Waals surface area contributed by atoms with Crippen LogP contribution in [0.2, 0.25) is 0 Å². The first-order chi connectivity index (χ1) is 5.61. The van der Waals surface area contributed by atoms with Crippen molar-refractivity contribution >= 4 is 29.7 Å². The highest BCUT2D eigenvalue weighted by Crippen LogP contribution is 2.06. The first kappa shape index (κ1) is 11.6. The maximum absolute atomic E-state index is 10.4. The highest BCUT2D eigenvalue weighted by Gasteiger charge is 2.12. The molecule has 0 fully saturated rings. The molecule has 0 aliphatic rings. The van der Waals surface area contributed by atoms with Gasteiger partial charge in [0.2, 0.25) is 0 Å². The summed E-state index contributed by atoms with van der Waals surface area (Å²) < 4.78 is 4.71. The van der Waals surface area contributed by atoms with Gasteiger partial charge in [-0.1, -0.05) is 6.58 Å². The Bertz CT molecular complexity index is 174. The summed E-state index contributed by atoms with van der Waals surface area (Å²) in [6.07, 6.45) is 0.468. The molecule has 0 aliphatic carbocycles. The average Bonchev–Trinajstić information content (AvgIpc) is 2.03. The van der Waals surface area contributed by atoms with Crippen molar-refractivity contribution in [3.05, 3.63) is 12.2 Å². The number of hydroxylamine groups is 2. The summed E-state index contributed by atoms with van der Waals surface area (Å²) in [5, 5.41) is 9.33. The Hall–Kier alpha value is -0.390. The monoisotopic (exact) mass is 211 g/mol. The van der Waals surface area contributed by atoms with Gasteiger partial charge in [0.05, 0.1) is 6.54 Å². The topological polar surface area (TPSA) is 49.8 Å². The van der Waals surface area contributed by atoms with Crippen molar-refractivity contribution in [3.8, 4) is 0 Å². The van der Waals surface area contributed by atoms with Crippen LogP contribution in [0.25, 0.3) is 0 Å². The number of carboxylic acid groups (broad SMARTS) is 1. The Morgan fingerprint density at radius 1 is 1.83 bits per heavy atom. The van der Waals surface area contributed by atoms with E-state index in [1.807, 2.05) is 0 Å². The first-order valence-electron chi connectivity index (χ1n) is 3.05. The molecule has 0 radical (unpaired) electrons. The lowest BCUT2D eigenvalue weighted by Gasteiger charge is -2.16. The molecule has 0 atom stereocenters. The Kier molecular flexibility index (Phi) is 5.96. The molecular weight excluding hydrogens is 202 g/mol. The molecule has 70 valence electrons. The quantitative estimate of drug-likeness (QED) is 0.327. The fourth-order valence-corrected chi connectivity index (χ4v) is 0.842. The lowest BCUT2D eigenvalue weighted by atomic mass is 10.3. The summed E-state index contributed by atoms with van der Waals surface area (Å²) in [5.41, 5.74) is 0.591. The maximum atomic E-state index is 10.4. The van der Waals surface area contributed by atoms with E-state index in [0.29, 0.717) is 5.57 Å². The minimum Gasteiger partial charge on any atom is -0.463 e. The minimum atomic E-state index is -1.16. The van der Waals surface area contributed by atoms with Crippen LogP contribution in [-0.4, -0.2) is 34.9 Å². The summed E-state index contributed by atoms with van der Waals surface area (Å²) >= 11 is 6.37. The van der Waals surface area contributed by atoms with Gasteiger partial charge in [0, 0.05) is 24.2 Å². The van der Waals surface area contributed by atoms with Crippen LogP contribution in [-0.2, 0) is 4.28 Å². The van der Waals surface area contributed by atoms with Crippen molar-refractivity contribution in [3.63, 3.8) is 0 Å². The second kappa shape index (κ2) is 6.16. The molecule has 0 aromatic carbocycles. The zero-order chi connectivity index (χ0) is 9.56. The molecule has 0 aromatic heterocycles. The van der Waals surface area contributed by atoms with Crippen molar-refractivity contribution in [2.24, 2.45) is 0 Å². The number of carbonyl (C=O) groups is 1. The Labute approximate surface area is 80.3 Å². The number of amides is 1. The number of hydrogen-bond donors (Lipinski definition) is 1. The lowest BCUT2D eigenvalue weighted by Crippen LogP contribution is -2.29. The number of alkyl halides is 1. The molecule has 1 amide bonds. The number of rotatable bonds is 5. The van der Waals surface area contributed by atoms with Gasteiger partial charge in [0.1, 0.15) is 0 Å². The van der Waals surface area contributed by atoms with Crippen LogP contribution in [0.3, 0.4) is 0 Å². The van der Waals surface area contributed by atoms with Crippen molar-refractivity contribution in [2.75, 3.05) is 18.7 Å². The Morgan fingerprint density at radius 2 is 2.42 bits per heavy atom. The van der Waals surface area contributed by atoms with Crippen molar-refractivity contribution in [2.45, 2.75) is 0 Å². The van der Waals surface area contributed by atoms with Crippen molar-refractivity contribution in [1.82, 2.24) is 5.06 Å². The number of hydrogen-bond acceptors (Lipinski definition) is 3. The van der Waals surface area contributed by atoms with Gasteiger partial charge in [-0.25, -0.2) is 4.79 Å². The van der Waals surface area contributed by atoms with Crippen LogP contribution in [0.5, 0.6) is 0 Å². The Morgan fingerprint density at radius 3 is 2.75 bits per heavy atom. The molecule has 0 aliphatic heterocycles. The van der Waals surface area contributed by atoms with Crippen LogP contribution >= 0.6 is 23.6 Å². The first-order valence-corrected chi connectivity index (χ1v) is 4.74.